The minimum atomic E-state index is -4.16. The molecule has 0 spiro atoms. The van der Waals surface area contributed by atoms with Crippen LogP contribution < -0.4 is 10.6 Å². The molecule has 4 N–H and O–H groups in total. The molecule has 12 heteroatoms. The molecule has 1 aromatic carbocycles. The van der Waals surface area contributed by atoms with Crippen LogP contribution in [0, 0.1) is 33.1 Å². The van der Waals surface area contributed by atoms with Gasteiger partial charge < -0.3 is 25.7 Å². The number of aromatic nitrogens is 1. The fraction of sp³-hybridized carbons (Fsp3) is 0.261. The summed E-state index contributed by atoms with van der Waals surface area (Å²) in [4.78, 5) is 13.5. The lowest BCUT2D eigenvalue weighted by Gasteiger charge is -2.17. The lowest BCUT2D eigenvalue weighted by molar-refractivity contribution is 0.102. The van der Waals surface area contributed by atoms with Crippen LogP contribution >= 0.6 is 22.9 Å². The normalized spacial score (nSPS) is 12.3. The van der Waals surface area contributed by atoms with Crippen LogP contribution in [-0.2, 0) is 9.84 Å². The molecule has 3 rings (SSSR count). The Labute approximate surface area is 212 Å². The SMILES string of the molecule is C=CC(Nc1onc(C)c1Cl)S(=O)(=O)c1cc(C)sc1C(=O)Nc1cc(C)c(C(C)=N)c(C)c1O. The maximum Gasteiger partial charge on any atom is 0.267 e. The Morgan fingerprint density at radius 1 is 1.31 bits per heavy atom. The van der Waals surface area contributed by atoms with Gasteiger partial charge >= 0.3 is 0 Å². The van der Waals surface area contributed by atoms with Crippen LogP contribution in [0.5, 0.6) is 5.75 Å². The van der Waals surface area contributed by atoms with Gasteiger partial charge in [0, 0.05) is 21.7 Å². The number of anilines is 2. The van der Waals surface area contributed by atoms with Gasteiger partial charge in [-0.2, -0.15) is 0 Å². The molecule has 1 unspecified atom stereocenters. The molecule has 0 aliphatic heterocycles. The fourth-order valence-corrected chi connectivity index (χ4v) is 6.62. The van der Waals surface area contributed by atoms with Crippen LogP contribution in [0.15, 0.2) is 34.2 Å². The van der Waals surface area contributed by atoms with Gasteiger partial charge in [-0.25, -0.2) is 8.42 Å². The van der Waals surface area contributed by atoms with Gasteiger partial charge in [0.15, 0.2) is 5.37 Å². The Kier molecular flexibility index (Phi) is 7.44. The van der Waals surface area contributed by atoms with E-state index in [9.17, 15) is 18.3 Å². The first-order chi connectivity index (χ1) is 16.3. The van der Waals surface area contributed by atoms with E-state index in [0.29, 0.717) is 27.3 Å². The molecule has 0 fully saturated rings. The van der Waals surface area contributed by atoms with Gasteiger partial charge in [0.05, 0.1) is 10.6 Å². The number of rotatable bonds is 8. The Morgan fingerprint density at radius 3 is 2.51 bits per heavy atom. The molecule has 1 amide bonds. The van der Waals surface area contributed by atoms with Gasteiger partial charge in [0.25, 0.3) is 5.91 Å². The van der Waals surface area contributed by atoms with E-state index in [1.807, 2.05) is 0 Å². The predicted molar refractivity (Wildman–Crippen MR) is 138 cm³/mol. The smallest absolute Gasteiger partial charge is 0.267 e. The molecule has 186 valence electrons. The number of thiophene rings is 1. The maximum absolute atomic E-state index is 13.5. The van der Waals surface area contributed by atoms with Crippen LogP contribution in [0.3, 0.4) is 0 Å². The maximum atomic E-state index is 13.5. The minimum Gasteiger partial charge on any atom is -0.505 e. The van der Waals surface area contributed by atoms with Crippen molar-refractivity contribution in [3.05, 3.63) is 61.9 Å². The fourth-order valence-electron chi connectivity index (χ4n) is 3.66. The van der Waals surface area contributed by atoms with Gasteiger partial charge in [0.2, 0.25) is 15.7 Å². The van der Waals surface area contributed by atoms with E-state index >= 15 is 0 Å². The van der Waals surface area contributed by atoms with Gasteiger partial charge in [-0.3, -0.25) is 4.79 Å². The number of aryl methyl sites for hydroxylation is 3. The second-order valence-electron chi connectivity index (χ2n) is 7.98. The number of hydrogen-bond acceptors (Lipinski definition) is 9. The summed E-state index contributed by atoms with van der Waals surface area (Å²) in [6.07, 6.45) is 1.16. The molecule has 1 atom stereocenters. The van der Waals surface area contributed by atoms with Crippen LogP contribution in [0.25, 0.3) is 0 Å². The van der Waals surface area contributed by atoms with Crippen molar-refractivity contribution in [2.24, 2.45) is 0 Å². The molecular weight excluding hydrogens is 512 g/mol. The summed E-state index contributed by atoms with van der Waals surface area (Å²) < 4.78 is 32.0. The highest BCUT2D eigenvalue weighted by molar-refractivity contribution is 7.92. The number of nitrogens with zero attached hydrogens (tertiary/aromatic N) is 1. The van der Waals surface area contributed by atoms with Crippen LogP contribution in [0.4, 0.5) is 11.6 Å². The molecule has 0 bridgehead atoms. The monoisotopic (exact) mass is 536 g/mol. The molecule has 3 aromatic rings. The van der Waals surface area contributed by atoms with Crippen molar-refractivity contribution in [3.8, 4) is 5.75 Å². The molecule has 9 nitrogen and oxygen atoms in total. The summed E-state index contributed by atoms with van der Waals surface area (Å²) in [5, 5.41) is 26.3. The molecule has 0 saturated carbocycles. The standard InChI is InChI=1S/C23H25ClN4O5S2/c1-7-17(27-23-19(24)14(6)28-33-23)35(31,32)16-9-11(3)34-21(16)22(30)26-15-8-10(2)18(13(5)25)12(4)20(15)29/h7-9,17,25,27,29H,1H2,2-6H3,(H,26,30). The third kappa shape index (κ3) is 4.97. The largest absolute Gasteiger partial charge is 0.505 e. The van der Waals surface area contributed by atoms with Crippen LogP contribution in [0.2, 0.25) is 5.02 Å². The number of carbonyl (C=O) groups excluding carboxylic acids is 1. The summed E-state index contributed by atoms with van der Waals surface area (Å²) in [5.74, 6) is -0.927. The summed E-state index contributed by atoms with van der Waals surface area (Å²) in [5.41, 5.74) is 2.49. The van der Waals surface area contributed by atoms with Crippen molar-refractivity contribution in [2.45, 2.75) is 44.9 Å². The second kappa shape index (κ2) is 9.84. The number of aromatic hydroxyl groups is 1. The van der Waals surface area contributed by atoms with Crippen LogP contribution in [-0.4, -0.2) is 35.7 Å². The highest BCUT2D eigenvalue weighted by Gasteiger charge is 2.33. The first-order valence-electron chi connectivity index (χ1n) is 10.3. The second-order valence-corrected chi connectivity index (χ2v) is 11.6. The van der Waals surface area contributed by atoms with E-state index in [2.05, 4.69) is 22.4 Å². The highest BCUT2D eigenvalue weighted by atomic mass is 35.5. The number of amides is 1. The van der Waals surface area contributed by atoms with Gasteiger partial charge in [-0.15, -0.1) is 11.3 Å². The van der Waals surface area contributed by atoms with E-state index in [-0.39, 0.29) is 37.8 Å². The van der Waals surface area contributed by atoms with Gasteiger partial charge in [0.1, 0.15) is 21.3 Å². The third-order valence-electron chi connectivity index (χ3n) is 5.31. The number of carbonyl (C=O) groups is 1. The molecule has 35 heavy (non-hydrogen) atoms. The number of sulfone groups is 1. The van der Waals surface area contributed by atoms with Gasteiger partial charge in [-0.1, -0.05) is 29.4 Å². The van der Waals surface area contributed by atoms with E-state index in [0.717, 1.165) is 17.4 Å². The van der Waals surface area contributed by atoms with Gasteiger partial charge in [-0.05, 0) is 52.3 Å². The first-order valence-corrected chi connectivity index (χ1v) is 13.1. The number of phenols is 1. The Balaban J connectivity index is 1.99. The number of nitrogens with one attached hydrogen (secondary N) is 3. The van der Waals surface area contributed by atoms with Crippen LogP contribution in [0.1, 0.15) is 43.9 Å². The summed E-state index contributed by atoms with van der Waals surface area (Å²) >= 11 is 7.11. The Bertz CT molecular complexity index is 1460. The minimum absolute atomic E-state index is 0.0342. The quantitative estimate of drug-likeness (QED) is 0.172. The summed E-state index contributed by atoms with van der Waals surface area (Å²) in [7, 11) is -4.16. The third-order valence-corrected chi connectivity index (χ3v) is 8.85. The number of hydrogen-bond donors (Lipinski definition) is 4. The lowest BCUT2D eigenvalue weighted by Crippen LogP contribution is -2.28. The number of phenolic OH excluding ortho intramolecular Hbond substituents is 1. The average molecular weight is 537 g/mol. The topological polar surface area (TPSA) is 145 Å². The Morgan fingerprint density at radius 2 is 1.97 bits per heavy atom. The highest BCUT2D eigenvalue weighted by Crippen LogP contribution is 2.36. The number of benzene rings is 1. The predicted octanol–water partition coefficient (Wildman–Crippen LogP) is 5.37. The molecule has 0 aliphatic carbocycles. The Hall–Kier alpha value is -3.15. The van der Waals surface area contributed by atoms with Crippen molar-refractivity contribution in [1.29, 1.82) is 5.41 Å². The van der Waals surface area contributed by atoms with Crippen molar-refractivity contribution in [3.63, 3.8) is 0 Å². The van der Waals surface area contributed by atoms with Crippen molar-refractivity contribution >= 4 is 56.0 Å². The summed E-state index contributed by atoms with van der Waals surface area (Å²) in [6, 6.07) is 2.95. The molecular formula is C23H25ClN4O5S2. The molecule has 0 aliphatic rings. The molecule has 0 radical (unpaired) electrons. The summed E-state index contributed by atoms with van der Waals surface area (Å²) in [6.45, 7) is 11.9. The zero-order valence-electron chi connectivity index (χ0n) is 19.7. The van der Waals surface area contributed by atoms with Crippen molar-refractivity contribution in [1.82, 2.24) is 5.16 Å². The molecule has 2 aromatic heterocycles. The number of halogens is 1. The molecule has 0 saturated heterocycles. The first kappa shape index (κ1) is 26.5. The average Bonchev–Trinajstić information content (AvgIpc) is 3.32. The van der Waals surface area contributed by atoms with E-state index in [4.69, 9.17) is 21.5 Å². The zero-order valence-corrected chi connectivity index (χ0v) is 22.1. The molecule has 2 heterocycles. The van der Waals surface area contributed by atoms with E-state index in [1.54, 1.807) is 40.7 Å². The van der Waals surface area contributed by atoms with Crippen molar-refractivity contribution in [2.75, 3.05) is 10.6 Å². The lowest BCUT2D eigenvalue weighted by atomic mass is 9.97. The van der Waals surface area contributed by atoms with E-state index < -0.39 is 21.1 Å². The van der Waals surface area contributed by atoms with E-state index in [1.165, 1.54) is 6.07 Å². The zero-order chi connectivity index (χ0) is 26.2. The van der Waals surface area contributed by atoms with Crippen molar-refractivity contribution < 1.29 is 22.8 Å².